The van der Waals surface area contributed by atoms with Crippen molar-refractivity contribution in [3.8, 4) is 0 Å². The molecule has 1 aliphatic rings. The van der Waals surface area contributed by atoms with Gasteiger partial charge in [0.1, 0.15) is 5.82 Å². The van der Waals surface area contributed by atoms with Crippen LogP contribution in [0.5, 0.6) is 0 Å². The Balaban J connectivity index is 2.30. The van der Waals surface area contributed by atoms with Crippen LogP contribution >= 0.6 is 11.6 Å². The Hall–Kier alpha value is -0.800. The summed E-state index contributed by atoms with van der Waals surface area (Å²) >= 11 is 5.84. The molecule has 0 spiro atoms. The molecule has 1 aliphatic heterocycles. The summed E-state index contributed by atoms with van der Waals surface area (Å²) in [6.45, 7) is 4.06. The predicted molar refractivity (Wildman–Crippen MR) is 63.6 cm³/mol. The van der Waals surface area contributed by atoms with E-state index in [0.717, 1.165) is 12.1 Å². The van der Waals surface area contributed by atoms with Crippen molar-refractivity contribution < 1.29 is 9.13 Å². The molecule has 1 saturated heterocycles. The van der Waals surface area contributed by atoms with E-state index in [0.29, 0.717) is 24.7 Å². The highest BCUT2D eigenvalue weighted by molar-refractivity contribution is 6.17. The van der Waals surface area contributed by atoms with Crippen LogP contribution in [0.2, 0.25) is 0 Å². The maximum Gasteiger partial charge on any atom is 0.146 e. The van der Waals surface area contributed by atoms with Gasteiger partial charge in [-0.05, 0) is 18.6 Å². The summed E-state index contributed by atoms with van der Waals surface area (Å²) < 4.78 is 19.3. The van der Waals surface area contributed by atoms with Gasteiger partial charge < -0.3 is 9.64 Å². The Morgan fingerprint density at radius 3 is 3.06 bits per heavy atom. The molecule has 1 fully saturated rings. The number of hydrogen-bond acceptors (Lipinski definition) is 2. The molecule has 0 N–H and O–H groups in total. The third-order valence-corrected chi connectivity index (χ3v) is 3.06. The zero-order valence-electron chi connectivity index (χ0n) is 9.25. The van der Waals surface area contributed by atoms with E-state index in [1.165, 1.54) is 6.07 Å². The van der Waals surface area contributed by atoms with Crippen LogP contribution in [0, 0.1) is 5.82 Å². The third kappa shape index (κ3) is 2.30. The second-order valence-corrected chi connectivity index (χ2v) is 4.28. The number of anilines is 1. The first kappa shape index (κ1) is 11.7. The Morgan fingerprint density at radius 2 is 2.38 bits per heavy atom. The Labute approximate surface area is 100.0 Å². The zero-order valence-corrected chi connectivity index (χ0v) is 10.0. The first-order valence-corrected chi connectivity index (χ1v) is 5.95. The molecule has 1 aromatic carbocycles. The topological polar surface area (TPSA) is 12.5 Å². The summed E-state index contributed by atoms with van der Waals surface area (Å²) in [5.41, 5.74) is 1.48. The van der Waals surface area contributed by atoms with Gasteiger partial charge in [0, 0.05) is 19.0 Å². The molecule has 1 aromatic rings. The summed E-state index contributed by atoms with van der Waals surface area (Å²) in [5.74, 6) is 0.131. The Kier molecular flexibility index (Phi) is 3.66. The number of rotatable bonds is 2. The monoisotopic (exact) mass is 243 g/mol. The molecule has 0 aliphatic carbocycles. The van der Waals surface area contributed by atoms with Gasteiger partial charge in [-0.1, -0.05) is 12.1 Å². The second-order valence-electron chi connectivity index (χ2n) is 4.01. The van der Waals surface area contributed by atoms with Crippen molar-refractivity contribution in [3.05, 3.63) is 29.6 Å². The first-order valence-electron chi connectivity index (χ1n) is 5.42. The van der Waals surface area contributed by atoms with Gasteiger partial charge in [-0.2, -0.15) is 0 Å². The average molecular weight is 244 g/mol. The van der Waals surface area contributed by atoms with Crippen molar-refractivity contribution in [1.82, 2.24) is 0 Å². The van der Waals surface area contributed by atoms with Crippen LogP contribution in [0.4, 0.5) is 10.1 Å². The van der Waals surface area contributed by atoms with Crippen molar-refractivity contribution in [2.75, 3.05) is 24.6 Å². The van der Waals surface area contributed by atoms with Crippen molar-refractivity contribution >= 4 is 17.3 Å². The van der Waals surface area contributed by atoms with Crippen LogP contribution in [0.1, 0.15) is 12.5 Å². The molecule has 0 aromatic heterocycles. The molecule has 16 heavy (non-hydrogen) atoms. The fourth-order valence-corrected chi connectivity index (χ4v) is 2.26. The van der Waals surface area contributed by atoms with Gasteiger partial charge >= 0.3 is 0 Å². The molecule has 2 rings (SSSR count). The standard InChI is InChI=1S/C12H15ClFNO/c1-9-8-15(5-6-16-9)12-10(7-13)3-2-4-11(12)14/h2-4,9H,5-8H2,1H3. The molecule has 2 nitrogen and oxygen atoms in total. The van der Waals surface area contributed by atoms with E-state index in [9.17, 15) is 4.39 Å². The number of alkyl halides is 1. The largest absolute Gasteiger partial charge is 0.375 e. The minimum Gasteiger partial charge on any atom is -0.375 e. The fourth-order valence-electron chi connectivity index (χ4n) is 2.04. The lowest BCUT2D eigenvalue weighted by molar-refractivity contribution is 0.0529. The van der Waals surface area contributed by atoms with E-state index < -0.39 is 0 Å². The molecule has 0 amide bonds. The third-order valence-electron chi connectivity index (χ3n) is 2.77. The minimum absolute atomic E-state index is 0.136. The summed E-state index contributed by atoms with van der Waals surface area (Å²) in [5, 5.41) is 0. The highest BCUT2D eigenvalue weighted by atomic mass is 35.5. The zero-order chi connectivity index (χ0) is 11.5. The van der Waals surface area contributed by atoms with E-state index >= 15 is 0 Å². The lowest BCUT2D eigenvalue weighted by atomic mass is 10.1. The van der Waals surface area contributed by atoms with Gasteiger partial charge in [0.15, 0.2) is 0 Å². The number of morpholine rings is 1. The quantitative estimate of drug-likeness (QED) is 0.741. The first-order chi connectivity index (χ1) is 7.72. The number of hydrogen-bond donors (Lipinski definition) is 0. The average Bonchev–Trinajstić information content (AvgIpc) is 2.28. The number of benzene rings is 1. The van der Waals surface area contributed by atoms with E-state index in [1.54, 1.807) is 6.07 Å². The molecular weight excluding hydrogens is 229 g/mol. The summed E-state index contributed by atoms with van der Waals surface area (Å²) in [6, 6.07) is 5.04. The molecular formula is C12H15ClFNO. The number of halogens is 2. The van der Waals surface area contributed by atoms with Crippen LogP contribution < -0.4 is 4.90 Å². The van der Waals surface area contributed by atoms with E-state index in [2.05, 4.69) is 0 Å². The van der Waals surface area contributed by atoms with Crippen molar-refractivity contribution in [2.24, 2.45) is 0 Å². The highest BCUT2D eigenvalue weighted by Gasteiger charge is 2.21. The van der Waals surface area contributed by atoms with Gasteiger partial charge in [0.2, 0.25) is 0 Å². The number of ether oxygens (including phenoxy) is 1. The lowest BCUT2D eigenvalue weighted by Crippen LogP contribution is -2.42. The van der Waals surface area contributed by atoms with E-state index in [4.69, 9.17) is 16.3 Å². The van der Waals surface area contributed by atoms with Crippen molar-refractivity contribution in [2.45, 2.75) is 18.9 Å². The van der Waals surface area contributed by atoms with Gasteiger partial charge in [0.05, 0.1) is 18.4 Å². The molecule has 0 bridgehead atoms. The van der Waals surface area contributed by atoms with Crippen LogP contribution in [-0.4, -0.2) is 25.8 Å². The van der Waals surface area contributed by atoms with Gasteiger partial charge in [-0.15, -0.1) is 11.6 Å². The van der Waals surface area contributed by atoms with Crippen LogP contribution in [0.15, 0.2) is 18.2 Å². The normalized spacial score (nSPS) is 21.2. The Morgan fingerprint density at radius 1 is 1.56 bits per heavy atom. The maximum absolute atomic E-state index is 13.8. The predicted octanol–water partition coefficient (Wildman–Crippen LogP) is 2.79. The number of para-hydroxylation sites is 1. The lowest BCUT2D eigenvalue weighted by Gasteiger charge is -2.34. The minimum atomic E-state index is -0.202. The van der Waals surface area contributed by atoms with Gasteiger partial charge in [0.25, 0.3) is 0 Å². The van der Waals surface area contributed by atoms with E-state index in [-0.39, 0.29) is 11.9 Å². The summed E-state index contributed by atoms with van der Waals surface area (Å²) in [4.78, 5) is 2.02. The van der Waals surface area contributed by atoms with Crippen LogP contribution in [0.25, 0.3) is 0 Å². The molecule has 4 heteroatoms. The molecule has 1 heterocycles. The summed E-state index contributed by atoms with van der Waals surface area (Å²) in [7, 11) is 0. The Bertz CT molecular complexity index is 372. The SMILES string of the molecule is CC1CN(c2c(F)cccc2CCl)CCO1. The summed E-state index contributed by atoms with van der Waals surface area (Å²) in [6.07, 6.45) is 0.136. The van der Waals surface area contributed by atoms with Gasteiger partial charge in [-0.25, -0.2) is 4.39 Å². The maximum atomic E-state index is 13.8. The van der Waals surface area contributed by atoms with Crippen LogP contribution in [0.3, 0.4) is 0 Å². The molecule has 1 unspecified atom stereocenters. The van der Waals surface area contributed by atoms with Gasteiger partial charge in [-0.3, -0.25) is 0 Å². The highest BCUT2D eigenvalue weighted by Crippen LogP contribution is 2.27. The molecule has 0 radical (unpaired) electrons. The number of nitrogens with zero attached hydrogens (tertiary/aromatic N) is 1. The molecule has 0 saturated carbocycles. The smallest absolute Gasteiger partial charge is 0.146 e. The fraction of sp³-hybridized carbons (Fsp3) is 0.500. The second kappa shape index (κ2) is 5.02. The molecule has 1 atom stereocenters. The molecule has 88 valence electrons. The van der Waals surface area contributed by atoms with Crippen molar-refractivity contribution in [3.63, 3.8) is 0 Å². The van der Waals surface area contributed by atoms with E-state index in [1.807, 2.05) is 17.9 Å². The van der Waals surface area contributed by atoms with Crippen LogP contribution in [-0.2, 0) is 10.6 Å². The van der Waals surface area contributed by atoms with Crippen molar-refractivity contribution in [1.29, 1.82) is 0 Å².